The molecule has 1 heterocycles. The number of carbonyl (C=O) groups is 2. The number of esters is 1. The molecule has 0 bridgehead atoms. The smallest absolute Gasteiger partial charge is 0.331 e. The van der Waals surface area contributed by atoms with E-state index in [1.54, 1.807) is 0 Å². The molecule has 2 rings (SSSR count). The number of amides is 1. The maximum Gasteiger partial charge on any atom is 0.331 e. The summed E-state index contributed by atoms with van der Waals surface area (Å²) in [6.07, 6.45) is 9.36. The van der Waals surface area contributed by atoms with Crippen LogP contribution in [0.5, 0.6) is 0 Å². The maximum atomic E-state index is 12.4. The zero-order chi connectivity index (χ0) is 15.8. The van der Waals surface area contributed by atoms with E-state index in [-0.39, 0.29) is 24.3 Å². The third-order valence-corrected chi connectivity index (χ3v) is 5.15. The highest BCUT2D eigenvalue weighted by atomic mass is 35.5. The molecule has 2 aliphatic rings. The first kappa shape index (κ1) is 20.2. The summed E-state index contributed by atoms with van der Waals surface area (Å²) in [5.74, 6) is 0.366. The summed E-state index contributed by atoms with van der Waals surface area (Å²) >= 11 is 0. The SMILES string of the molecule is COC(=O)C1(NC(=O)CCC2CCNCC2)CCCCCC1.Cl. The Morgan fingerprint density at radius 1 is 1.13 bits per heavy atom. The lowest BCUT2D eigenvalue weighted by Crippen LogP contribution is -2.54. The van der Waals surface area contributed by atoms with Crippen molar-refractivity contribution in [2.75, 3.05) is 20.2 Å². The molecule has 1 amide bonds. The maximum absolute atomic E-state index is 12.4. The Balaban J connectivity index is 0.00000264. The molecule has 2 N–H and O–H groups in total. The van der Waals surface area contributed by atoms with Gasteiger partial charge < -0.3 is 15.4 Å². The van der Waals surface area contributed by atoms with Crippen LogP contribution in [0.1, 0.15) is 64.2 Å². The zero-order valence-electron chi connectivity index (χ0n) is 14.2. The van der Waals surface area contributed by atoms with Gasteiger partial charge in [-0.25, -0.2) is 4.79 Å². The first-order valence-electron chi connectivity index (χ1n) is 8.76. The van der Waals surface area contributed by atoms with E-state index in [1.807, 2.05) is 0 Å². The predicted molar refractivity (Wildman–Crippen MR) is 92.7 cm³/mol. The number of hydrogen-bond donors (Lipinski definition) is 2. The molecule has 0 radical (unpaired) electrons. The van der Waals surface area contributed by atoms with Gasteiger partial charge in [0.05, 0.1) is 7.11 Å². The molecule has 5 nitrogen and oxygen atoms in total. The van der Waals surface area contributed by atoms with Gasteiger partial charge in [0.2, 0.25) is 5.91 Å². The molecule has 0 unspecified atom stereocenters. The van der Waals surface area contributed by atoms with Crippen molar-refractivity contribution in [2.45, 2.75) is 69.7 Å². The van der Waals surface area contributed by atoms with Crippen molar-refractivity contribution in [2.24, 2.45) is 5.92 Å². The minimum absolute atomic E-state index is 0. The van der Waals surface area contributed by atoms with Crippen LogP contribution in [0.25, 0.3) is 0 Å². The second-order valence-corrected chi connectivity index (χ2v) is 6.77. The number of piperidine rings is 1. The number of halogens is 1. The molecule has 2 fully saturated rings. The fraction of sp³-hybridized carbons (Fsp3) is 0.882. The summed E-state index contributed by atoms with van der Waals surface area (Å²) in [5.41, 5.74) is -0.781. The molecular weight excluding hydrogens is 316 g/mol. The Morgan fingerprint density at radius 2 is 1.74 bits per heavy atom. The quantitative estimate of drug-likeness (QED) is 0.593. The molecule has 0 aromatic rings. The molecule has 0 aromatic carbocycles. The molecule has 0 aromatic heterocycles. The summed E-state index contributed by atoms with van der Waals surface area (Å²) in [6, 6.07) is 0. The topological polar surface area (TPSA) is 67.4 Å². The van der Waals surface area contributed by atoms with Crippen LogP contribution in [0.4, 0.5) is 0 Å². The molecule has 1 saturated carbocycles. The Labute approximate surface area is 145 Å². The van der Waals surface area contributed by atoms with Crippen molar-refractivity contribution in [1.29, 1.82) is 0 Å². The minimum atomic E-state index is -0.781. The van der Waals surface area contributed by atoms with Gasteiger partial charge >= 0.3 is 5.97 Å². The van der Waals surface area contributed by atoms with Gasteiger partial charge in [-0.1, -0.05) is 25.7 Å². The van der Waals surface area contributed by atoms with E-state index in [4.69, 9.17) is 4.74 Å². The van der Waals surface area contributed by atoms with E-state index in [0.717, 1.165) is 58.0 Å². The van der Waals surface area contributed by atoms with Crippen molar-refractivity contribution >= 4 is 24.3 Å². The molecule has 1 aliphatic carbocycles. The van der Waals surface area contributed by atoms with Crippen LogP contribution in [-0.2, 0) is 14.3 Å². The monoisotopic (exact) mass is 346 g/mol. The largest absolute Gasteiger partial charge is 0.467 e. The van der Waals surface area contributed by atoms with E-state index in [2.05, 4.69) is 10.6 Å². The summed E-state index contributed by atoms with van der Waals surface area (Å²) in [5, 5.41) is 6.38. The minimum Gasteiger partial charge on any atom is -0.467 e. The van der Waals surface area contributed by atoms with Crippen molar-refractivity contribution in [3.8, 4) is 0 Å². The first-order chi connectivity index (χ1) is 10.7. The van der Waals surface area contributed by atoms with Gasteiger partial charge in [0.1, 0.15) is 5.54 Å². The Hall–Kier alpha value is -0.810. The van der Waals surface area contributed by atoms with E-state index in [1.165, 1.54) is 7.11 Å². The van der Waals surface area contributed by atoms with Crippen molar-refractivity contribution in [1.82, 2.24) is 10.6 Å². The average Bonchev–Trinajstić information content (AvgIpc) is 2.79. The Morgan fingerprint density at radius 3 is 2.30 bits per heavy atom. The Kier molecular flexibility index (Phi) is 8.92. The number of nitrogens with one attached hydrogen (secondary N) is 2. The lowest BCUT2D eigenvalue weighted by Gasteiger charge is -2.31. The number of ether oxygens (including phenoxy) is 1. The molecule has 6 heteroatoms. The van der Waals surface area contributed by atoms with Crippen LogP contribution in [0.3, 0.4) is 0 Å². The third kappa shape index (κ3) is 5.96. The lowest BCUT2D eigenvalue weighted by molar-refractivity contribution is -0.151. The summed E-state index contributed by atoms with van der Waals surface area (Å²) in [7, 11) is 1.41. The summed E-state index contributed by atoms with van der Waals surface area (Å²) in [6.45, 7) is 2.11. The fourth-order valence-corrected chi connectivity index (χ4v) is 3.74. The van der Waals surface area contributed by atoms with E-state index >= 15 is 0 Å². The van der Waals surface area contributed by atoms with Gasteiger partial charge in [-0.2, -0.15) is 0 Å². The van der Waals surface area contributed by atoms with Gasteiger partial charge in [-0.3, -0.25) is 4.79 Å². The molecule has 0 atom stereocenters. The molecule has 134 valence electrons. The Bertz CT molecular complexity index is 376. The molecular formula is C17H31ClN2O3. The van der Waals surface area contributed by atoms with Crippen LogP contribution in [0.15, 0.2) is 0 Å². The van der Waals surface area contributed by atoms with Gasteiger partial charge in [-0.15, -0.1) is 12.4 Å². The summed E-state index contributed by atoms with van der Waals surface area (Å²) < 4.78 is 4.98. The highest BCUT2D eigenvalue weighted by molar-refractivity contribution is 5.88. The standard InChI is InChI=1S/C17H30N2O3.ClH/c1-22-16(21)17(10-4-2-3-5-11-17)19-15(20)7-6-14-8-12-18-13-9-14;/h14,18H,2-13H2,1H3,(H,19,20);1H. The van der Waals surface area contributed by atoms with Gasteiger partial charge in [0, 0.05) is 6.42 Å². The molecule has 0 spiro atoms. The predicted octanol–water partition coefficient (Wildman–Crippen LogP) is 2.57. The van der Waals surface area contributed by atoms with Gasteiger partial charge in [-0.05, 0) is 51.1 Å². The van der Waals surface area contributed by atoms with Crippen molar-refractivity contribution < 1.29 is 14.3 Å². The zero-order valence-corrected chi connectivity index (χ0v) is 15.0. The highest BCUT2D eigenvalue weighted by Crippen LogP contribution is 2.29. The van der Waals surface area contributed by atoms with Crippen LogP contribution in [0, 0.1) is 5.92 Å². The highest BCUT2D eigenvalue weighted by Gasteiger charge is 2.40. The van der Waals surface area contributed by atoms with Crippen molar-refractivity contribution in [3.63, 3.8) is 0 Å². The molecule has 23 heavy (non-hydrogen) atoms. The van der Waals surface area contributed by atoms with Crippen LogP contribution < -0.4 is 10.6 Å². The lowest BCUT2D eigenvalue weighted by atomic mass is 9.89. The second-order valence-electron chi connectivity index (χ2n) is 6.77. The number of hydrogen-bond acceptors (Lipinski definition) is 4. The third-order valence-electron chi connectivity index (χ3n) is 5.15. The first-order valence-corrected chi connectivity index (χ1v) is 8.76. The van der Waals surface area contributed by atoms with E-state index in [0.29, 0.717) is 25.2 Å². The number of rotatable bonds is 5. The molecule has 1 saturated heterocycles. The second kappa shape index (κ2) is 10.1. The van der Waals surface area contributed by atoms with Gasteiger partial charge in [0.25, 0.3) is 0 Å². The normalized spacial score (nSPS) is 21.6. The fourth-order valence-electron chi connectivity index (χ4n) is 3.74. The average molecular weight is 347 g/mol. The summed E-state index contributed by atoms with van der Waals surface area (Å²) in [4.78, 5) is 24.6. The van der Waals surface area contributed by atoms with E-state index < -0.39 is 5.54 Å². The number of carbonyl (C=O) groups excluding carboxylic acids is 2. The van der Waals surface area contributed by atoms with E-state index in [9.17, 15) is 9.59 Å². The van der Waals surface area contributed by atoms with Crippen LogP contribution >= 0.6 is 12.4 Å². The molecule has 1 aliphatic heterocycles. The van der Waals surface area contributed by atoms with Gasteiger partial charge in [0.15, 0.2) is 0 Å². The van der Waals surface area contributed by atoms with Crippen molar-refractivity contribution in [3.05, 3.63) is 0 Å². The van der Waals surface area contributed by atoms with Crippen LogP contribution in [-0.4, -0.2) is 37.6 Å². The van der Waals surface area contributed by atoms with Crippen LogP contribution in [0.2, 0.25) is 0 Å². The number of methoxy groups -OCH3 is 1.